The van der Waals surface area contributed by atoms with Gasteiger partial charge in [-0.05, 0) is 38.1 Å². The summed E-state index contributed by atoms with van der Waals surface area (Å²) in [6.07, 6.45) is -0.187. The summed E-state index contributed by atoms with van der Waals surface area (Å²) in [6.45, 7) is 3.84. The number of aliphatic carboxylic acids is 1. The normalized spacial score (nSPS) is 12.0. The molecule has 1 atom stereocenters. The van der Waals surface area contributed by atoms with Crippen molar-refractivity contribution in [1.29, 1.82) is 0 Å². The summed E-state index contributed by atoms with van der Waals surface area (Å²) in [5.74, 6) is -0.932. The number of hydrogen-bond acceptors (Lipinski definition) is 4. The largest absolute Gasteiger partial charge is 0.491 e. The summed E-state index contributed by atoms with van der Waals surface area (Å²) in [4.78, 5) is 22.0. The lowest BCUT2D eigenvalue weighted by Crippen LogP contribution is -2.34. The molecule has 104 valence electrons. The maximum Gasteiger partial charge on any atom is 0.321 e. The van der Waals surface area contributed by atoms with Crippen LogP contribution in [0.4, 0.5) is 5.69 Å². The van der Waals surface area contributed by atoms with E-state index < -0.39 is 17.9 Å². The van der Waals surface area contributed by atoms with Crippen molar-refractivity contribution < 1.29 is 19.4 Å². The molecule has 0 aliphatic rings. The predicted molar refractivity (Wildman–Crippen MR) is 71.1 cm³/mol. The van der Waals surface area contributed by atoms with Crippen LogP contribution in [-0.2, 0) is 9.59 Å². The molecule has 6 nitrogen and oxygen atoms in total. The molecule has 0 aromatic heterocycles. The number of ether oxygens (including phenoxy) is 1. The second kappa shape index (κ2) is 6.75. The number of benzene rings is 1. The molecule has 0 aliphatic carbocycles. The van der Waals surface area contributed by atoms with Gasteiger partial charge in [0.05, 0.1) is 12.5 Å². The molecule has 0 bridgehead atoms. The van der Waals surface area contributed by atoms with Crippen LogP contribution >= 0.6 is 0 Å². The Bertz CT molecular complexity index is 442. The van der Waals surface area contributed by atoms with Gasteiger partial charge in [0, 0.05) is 5.69 Å². The monoisotopic (exact) mass is 266 g/mol. The average Bonchev–Trinajstić information content (AvgIpc) is 2.30. The molecule has 0 saturated heterocycles. The predicted octanol–water partition coefficient (Wildman–Crippen LogP) is 1.21. The van der Waals surface area contributed by atoms with Crippen molar-refractivity contribution in [1.82, 2.24) is 0 Å². The lowest BCUT2D eigenvalue weighted by molar-refractivity contribution is -0.140. The van der Waals surface area contributed by atoms with Gasteiger partial charge in [-0.25, -0.2) is 0 Å². The molecule has 0 spiro atoms. The first kappa shape index (κ1) is 15.0. The molecular weight excluding hydrogens is 248 g/mol. The fraction of sp³-hybridized carbons (Fsp3) is 0.385. The molecule has 1 rings (SSSR count). The Kier molecular flexibility index (Phi) is 5.32. The molecular formula is C13H18N2O4. The SMILES string of the molecule is CC(C)Oc1ccc(NC(=O)CC(N)C(=O)O)cc1. The minimum Gasteiger partial charge on any atom is -0.491 e. The first-order chi connectivity index (χ1) is 8.88. The van der Waals surface area contributed by atoms with E-state index in [1.807, 2.05) is 13.8 Å². The van der Waals surface area contributed by atoms with Gasteiger partial charge in [-0.2, -0.15) is 0 Å². The van der Waals surface area contributed by atoms with Crippen LogP contribution in [0.3, 0.4) is 0 Å². The highest BCUT2D eigenvalue weighted by Gasteiger charge is 2.16. The molecule has 4 N–H and O–H groups in total. The van der Waals surface area contributed by atoms with Gasteiger partial charge in [-0.3, -0.25) is 9.59 Å². The van der Waals surface area contributed by atoms with Crippen molar-refractivity contribution in [2.24, 2.45) is 5.73 Å². The van der Waals surface area contributed by atoms with E-state index in [9.17, 15) is 9.59 Å². The number of rotatable bonds is 6. The van der Waals surface area contributed by atoms with Crippen LogP contribution in [0.2, 0.25) is 0 Å². The highest BCUT2D eigenvalue weighted by molar-refractivity contribution is 5.93. The highest BCUT2D eigenvalue weighted by Crippen LogP contribution is 2.17. The van der Waals surface area contributed by atoms with Crippen LogP contribution in [0.5, 0.6) is 5.75 Å². The second-order valence-electron chi connectivity index (χ2n) is 4.39. The molecule has 0 radical (unpaired) electrons. The van der Waals surface area contributed by atoms with Crippen molar-refractivity contribution in [3.8, 4) is 5.75 Å². The van der Waals surface area contributed by atoms with E-state index in [-0.39, 0.29) is 12.5 Å². The Morgan fingerprint density at radius 2 is 1.89 bits per heavy atom. The number of carbonyl (C=O) groups is 2. The number of carboxylic acid groups (broad SMARTS) is 1. The van der Waals surface area contributed by atoms with Gasteiger partial charge >= 0.3 is 5.97 Å². The van der Waals surface area contributed by atoms with E-state index in [4.69, 9.17) is 15.6 Å². The van der Waals surface area contributed by atoms with Gasteiger partial charge in [0.2, 0.25) is 5.91 Å². The van der Waals surface area contributed by atoms with E-state index in [0.717, 1.165) is 0 Å². The zero-order chi connectivity index (χ0) is 14.4. The smallest absolute Gasteiger partial charge is 0.321 e. The molecule has 0 saturated carbocycles. The second-order valence-corrected chi connectivity index (χ2v) is 4.39. The van der Waals surface area contributed by atoms with Crippen LogP contribution in [0.25, 0.3) is 0 Å². The number of anilines is 1. The molecule has 1 aromatic rings. The van der Waals surface area contributed by atoms with Gasteiger partial charge in [0.15, 0.2) is 0 Å². The van der Waals surface area contributed by atoms with E-state index in [1.54, 1.807) is 24.3 Å². The third-order valence-electron chi connectivity index (χ3n) is 2.23. The quantitative estimate of drug-likeness (QED) is 0.718. The van der Waals surface area contributed by atoms with Gasteiger partial charge in [-0.15, -0.1) is 0 Å². The Balaban J connectivity index is 2.53. The van der Waals surface area contributed by atoms with E-state index in [2.05, 4.69) is 5.32 Å². The maximum atomic E-state index is 11.5. The molecule has 0 fully saturated rings. The van der Waals surface area contributed by atoms with E-state index in [1.165, 1.54) is 0 Å². The minimum atomic E-state index is -1.20. The van der Waals surface area contributed by atoms with Crippen molar-refractivity contribution in [2.75, 3.05) is 5.32 Å². The fourth-order valence-electron chi connectivity index (χ4n) is 1.39. The average molecular weight is 266 g/mol. The summed E-state index contributed by atoms with van der Waals surface area (Å²) in [6, 6.07) is 5.63. The van der Waals surface area contributed by atoms with Crippen LogP contribution in [0.1, 0.15) is 20.3 Å². The molecule has 1 amide bonds. The number of hydrogen-bond donors (Lipinski definition) is 3. The molecule has 0 aliphatic heterocycles. The third kappa shape index (κ3) is 5.39. The summed E-state index contributed by atoms with van der Waals surface area (Å²) in [5, 5.41) is 11.2. The molecule has 1 aromatic carbocycles. The highest BCUT2D eigenvalue weighted by atomic mass is 16.5. The summed E-state index contributed by atoms with van der Waals surface area (Å²) in [7, 11) is 0. The first-order valence-electron chi connectivity index (χ1n) is 5.93. The Morgan fingerprint density at radius 1 is 1.32 bits per heavy atom. The van der Waals surface area contributed by atoms with Crippen molar-refractivity contribution >= 4 is 17.6 Å². The van der Waals surface area contributed by atoms with Crippen LogP contribution in [0, 0.1) is 0 Å². The molecule has 19 heavy (non-hydrogen) atoms. The minimum absolute atomic E-state index is 0.0778. The lowest BCUT2D eigenvalue weighted by Gasteiger charge is -2.11. The number of amides is 1. The third-order valence-corrected chi connectivity index (χ3v) is 2.23. The van der Waals surface area contributed by atoms with Crippen LogP contribution < -0.4 is 15.8 Å². The van der Waals surface area contributed by atoms with Gasteiger partial charge in [0.25, 0.3) is 0 Å². The summed E-state index contributed by atoms with van der Waals surface area (Å²) in [5.41, 5.74) is 5.84. The molecule has 6 heteroatoms. The van der Waals surface area contributed by atoms with Crippen LogP contribution in [0.15, 0.2) is 24.3 Å². The molecule has 1 unspecified atom stereocenters. The number of carbonyl (C=O) groups excluding carboxylic acids is 1. The van der Waals surface area contributed by atoms with E-state index >= 15 is 0 Å². The lowest BCUT2D eigenvalue weighted by atomic mass is 10.2. The van der Waals surface area contributed by atoms with E-state index in [0.29, 0.717) is 11.4 Å². The first-order valence-corrected chi connectivity index (χ1v) is 5.93. The number of nitrogens with one attached hydrogen (secondary N) is 1. The standard InChI is InChI=1S/C13H18N2O4/c1-8(2)19-10-5-3-9(4-6-10)15-12(16)7-11(14)13(17)18/h3-6,8,11H,7,14H2,1-2H3,(H,15,16)(H,17,18). The molecule has 0 heterocycles. The van der Waals surface area contributed by atoms with Crippen molar-refractivity contribution in [3.63, 3.8) is 0 Å². The van der Waals surface area contributed by atoms with Gasteiger partial charge in [-0.1, -0.05) is 0 Å². The summed E-state index contributed by atoms with van der Waals surface area (Å²) >= 11 is 0. The fourth-order valence-corrected chi connectivity index (χ4v) is 1.39. The van der Waals surface area contributed by atoms with Crippen molar-refractivity contribution in [2.45, 2.75) is 32.4 Å². The number of carboxylic acids is 1. The zero-order valence-corrected chi connectivity index (χ0v) is 10.9. The van der Waals surface area contributed by atoms with Gasteiger partial charge in [0.1, 0.15) is 11.8 Å². The summed E-state index contributed by atoms with van der Waals surface area (Å²) < 4.78 is 5.46. The number of nitrogens with two attached hydrogens (primary N) is 1. The van der Waals surface area contributed by atoms with Crippen molar-refractivity contribution in [3.05, 3.63) is 24.3 Å². The Labute approximate surface area is 111 Å². The Morgan fingerprint density at radius 3 is 2.37 bits per heavy atom. The zero-order valence-electron chi connectivity index (χ0n) is 10.9. The Hall–Kier alpha value is -2.08. The van der Waals surface area contributed by atoms with Crippen LogP contribution in [-0.4, -0.2) is 29.1 Å². The van der Waals surface area contributed by atoms with Gasteiger partial charge < -0.3 is 20.9 Å². The topological polar surface area (TPSA) is 102 Å². The maximum absolute atomic E-state index is 11.5.